The third-order valence-corrected chi connectivity index (χ3v) is 4.05. The summed E-state index contributed by atoms with van der Waals surface area (Å²) >= 11 is 0. The largest absolute Gasteiger partial charge is 0.489 e. The first-order valence-corrected chi connectivity index (χ1v) is 7.83. The van der Waals surface area contributed by atoms with Gasteiger partial charge in [-0.15, -0.1) is 0 Å². The Morgan fingerprint density at radius 3 is 2.43 bits per heavy atom. The second-order valence-electron chi connectivity index (χ2n) is 5.60. The second kappa shape index (κ2) is 7.12. The molecule has 3 aromatic carbocycles. The summed E-state index contributed by atoms with van der Waals surface area (Å²) in [6.45, 7) is 3.26. The van der Waals surface area contributed by atoms with E-state index in [0.717, 1.165) is 11.3 Å². The maximum absolute atomic E-state index is 5.84. The number of rotatable bonds is 5. The van der Waals surface area contributed by atoms with E-state index in [9.17, 15) is 0 Å². The van der Waals surface area contributed by atoms with Crippen LogP contribution in [0.25, 0.3) is 11.1 Å². The van der Waals surface area contributed by atoms with Gasteiger partial charge >= 0.3 is 0 Å². The Hall–Kier alpha value is -2.58. The highest BCUT2D eigenvalue weighted by molar-refractivity contribution is 5.69. The molecule has 2 nitrogen and oxygen atoms in total. The molecule has 3 rings (SSSR count). The summed E-state index contributed by atoms with van der Waals surface area (Å²) in [5.41, 5.74) is 11.8. The lowest BCUT2D eigenvalue weighted by molar-refractivity contribution is 0.306. The van der Waals surface area contributed by atoms with Gasteiger partial charge in [-0.2, -0.15) is 0 Å². The first-order chi connectivity index (χ1) is 11.3. The molecule has 116 valence electrons. The zero-order valence-corrected chi connectivity index (χ0v) is 13.3. The molecule has 0 aliphatic heterocycles. The molecule has 0 aliphatic carbocycles. The Labute approximate surface area is 137 Å². The summed E-state index contributed by atoms with van der Waals surface area (Å²) in [6.07, 6.45) is 0. The van der Waals surface area contributed by atoms with E-state index >= 15 is 0 Å². The van der Waals surface area contributed by atoms with Crippen molar-refractivity contribution in [2.45, 2.75) is 20.1 Å². The predicted octanol–water partition coefficient (Wildman–Crippen LogP) is 4.70. The fraction of sp³-hybridized carbons (Fsp3) is 0.143. The maximum atomic E-state index is 5.84. The molecule has 0 saturated carbocycles. The Balaban J connectivity index is 1.83. The Morgan fingerprint density at radius 1 is 0.870 bits per heavy atom. The van der Waals surface area contributed by atoms with E-state index in [1.165, 1.54) is 22.3 Å². The SMILES string of the molecule is Cc1c(CN)cccc1-c1cccc(COc2ccccc2)c1. The highest BCUT2D eigenvalue weighted by Crippen LogP contribution is 2.26. The van der Waals surface area contributed by atoms with Crippen LogP contribution in [0.5, 0.6) is 5.75 Å². The number of benzene rings is 3. The van der Waals surface area contributed by atoms with E-state index in [4.69, 9.17) is 10.5 Å². The number of hydrogen-bond donors (Lipinski definition) is 1. The molecule has 0 amide bonds. The van der Waals surface area contributed by atoms with E-state index in [-0.39, 0.29) is 0 Å². The lowest BCUT2D eigenvalue weighted by Crippen LogP contribution is -2.00. The van der Waals surface area contributed by atoms with Gasteiger partial charge in [-0.1, -0.05) is 54.6 Å². The van der Waals surface area contributed by atoms with Crippen LogP contribution < -0.4 is 10.5 Å². The van der Waals surface area contributed by atoms with Crippen LogP contribution in [-0.4, -0.2) is 0 Å². The average Bonchev–Trinajstić information content (AvgIpc) is 2.61. The van der Waals surface area contributed by atoms with Crippen molar-refractivity contribution in [3.63, 3.8) is 0 Å². The molecule has 0 atom stereocenters. The minimum atomic E-state index is 0.563. The van der Waals surface area contributed by atoms with Crippen molar-refractivity contribution in [3.05, 3.63) is 89.5 Å². The minimum Gasteiger partial charge on any atom is -0.489 e. The van der Waals surface area contributed by atoms with Crippen LogP contribution in [0, 0.1) is 6.92 Å². The summed E-state index contributed by atoms with van der Waals surface area (Å²) in [5.74, 6) is 0.888. The Kier molecular flexibility index (Phi) is 4.74. The summed E-state index contributed by atoms with van der Waals surface area (Å²) in [7, 11) is 0. The topological polar surface area (TPSA) is 35.2 Å². The van der Waals surface area contributed by atoms with Gasteiger partial charge < -0.3 is 10.5 Å². The van der Waals surface area contributed by atoms with Crippen molar-refractivity contribution in [2.75, 3.05) is 0 Å². The third-order valence-electron chi connectivity index (χ3n) is 4.05. The standard InChI is InChI=1S/C21H21NO/c1-16-19(14-22)9-6-12-21(16)18-8-5-7-17(13-18)15-23-20-10-3-2-4-11-20/h2-13H,14-15,22H2,1H3. The smallest absolute Gasteiger partial charge is 0.119 e. The average molecular weight is 303 g/mol. The molecular weight excluding hydrogens is 282 g/mol. The van der Waals surface area contributed by atoms with Crippen molar-refractivity contribution in [1.82, 2.24) is 0 Å². The lowest BCUT2D eigenvalue weighted by atomic mass is 9.95. The molecule has 0 fully saturated rings. The zero-order chi connectivity index (χ0) is 16.1. The molecule has 0 radical (unpaired) electrons. The van der Waals surface area contributed by atoms with Gasteiger partial charge in [0.05, 0.1) is 0 Å². The highest BCUT2D eigenvalue weighted by Gasteiger charge is 2.06. The summed E-state index contributed by atoms with van der Waals surface area (Å²) in [5, 5.41) is 0. The van der Waals surface area contributed by atoms with Gasteiger partial charge in [0.2, 0.25) is 0 Å². The van der Waals surface area contributed by atoms with Crippen LogP contribution in [0.1, 0.15) is 16.7 Å². The van der Waals surface area contributed by atoms with Crippen molar-refractivity contribution in [2.24, 2.45) is 5.73 Å². The van der Waals surface area contributed by atoms with Crippen molar-refractivity contribution in [1.29, 1.82) is 0 Å². The van der Waals surface area contributed by atoms with Gasteiger partial charge in [0.25, 0.3) is 0 Å². The predicted molar refractivity (Wildman–Crippen MR) is 95.3 cm³/mol. The van der Waals surface area contributed by atoms with Crippen LogP contribution in [-0.2, 0) is 13.2 Å². The third kappa shape index (κ3) is 3.61. The quantitative estimate of drug-likeness (QED) is 0.741. The number of nitrogens with two attached hydrogens (primary N) is 1. The van der Waals surface area contributed by atoms with Crippen molar-refractivity contribution >= 4 is 0 Å². The van der Waals surface area contributed by atoms with Gasteiger partial charge in [-0.3, -0.25) is 0 Å². The maximum Gasteiger partial charge on any atom is 0.119 e. The Bertz CT molecular complexity index is 781. The lowest BCUT2D eigenvalue weighted by Gasteiger charge is -2.12. The first-order valence-electron chi connectivity index (χ1n) is 7.83. The van der Waals surface area contributed by atoms with Crippen LogP contribution >= 0.6 is 0 Å². The molecule has 3 aromatic rings. The molecule has 0 spiro atoms. The van der Waals surface area contributed by atoms with Crippen LogP contribution in [0.3, 0.4) is 0 Å². The molecule has 2 N–H and O–H groups in total. The minimum absolute atomic E-state index is 0.563. The van der Waals surface area contributed by atoms with E-state index in [0.29, 0.717) is 13.2 Å². The van der Waals surface area contributed by atoms with E-state index in [2.05, 4.69) is 49.4 Å². The van der Waals surface area contributed by atoms with E-state index < -0.39 is 0 Å². The van der Waals surface area contributed by atoms with Crippen LogP contribution in [0.4, 0.5) is 0 Å². The van der Waals surface area contributed by atoms with Crippen molar-refractivity contribution in [3.8, 4) is 16.9 Å². The molecule has 0 heterocycles. The van der Waals surface area contributed by atoms with Crippen LogP contribution in [0.15, 0.2) is 72.8 Å². The highest BCUT2D eigenvalue weighted by atomic mass is 16.5. The molecule has 0 aromatic heterocycles. The molecule has 0 bridgehead atoms. The van der Waals surface area contributed by atoms with E-state index in [1.54, 1.807) is 0 Å². The fourth-order valence-electron chi connectivity index (χ4n) is 2.73. The van der Waals surface area contributed by atoms with Gasteiger partial charge in [-0.25, -0.2) is 0 Å². The summed E-state index contributed by atoms with van der Waals surface area (Å²) in [6, 6.07) is 24.7. The van der Waals surface area contributed by atoms with Crippen LogP contribution in [0.2, 0.25) is 0 Å². The number of ether oxygens (including phenoxy) is 1. The fourth-order valence-corrected chi connectivity index (χ4v) is 2.73. The van der Waals surface area contributed by atoms with Gasteiger partial charge in [0, 0.05) is 6.54 Å². The van der Waals surface area contributed by atoms with Gasteiger partial charge in [0.1, 0.15) is 12.4 Å². The van der Waals surface area contributed by atoms with Gasteiger partial charge in [-0.05, 0) is 52.9 Å². The molecule has 0 saturated heterocycles. The molecule has 0 unspecified atom stereocenters. The number of para-hydroxylation sites is 1. The zero-order valence-electron chi connectivity index (χ0n) is 13.3. The van der Waals surface area contributed by atoms with Gasteiger partial charge in [0.15, 0.2) is 0 Å². The normalized spacial score (nSPS) is 10.5. The monoisotopic (exact) mass is 303 g/mol. The summed E-state index contributed by atoms with van der Waals surface area (Å²) < 4.78 is 5.84. The first kappa shape index (κ1) is 15.3. The molecule has 23 heavy (non-hydrogen) atoms. The molecule has 2 heteroatoms. The van der Waals surface area contributed by atoms with Crippen molar-refractivity contribution < 1.29 is 4.74 Å². The number of hydrogen-bond acceptors (Lipinski definition) is 2. The van der Waals surface area contributed by atoms with E-state index in [1.807, 2.05) is 30.3 Å². The Morgan fingerprint density at radius 2 is 1.65 bits per heavy atom. The second-order valence-corrected chi connectivity index (χ2v) is 5.60. The molecular formula is C21H21NO. The summed E-state index contributed by atoms with van der Waals surface area (Å²) in [4.78, 5) is 0. The molecule has 0 aliphatic rings.